The van der Waals surface area contributed by atoms with Crippen LogP contribution in [0.4, 0.5) is 11.4 Å². The third-order valence-electron chi connectivity index (χ3n) is 5.03. The third-order valence-corrected chi connectivity index (χ3v) is 8.37. The van der Waals surface area contributed by atoms with Crippen LogP contribution >= 0.6 is 15.2 Å². The van der Waals surface area contributed by atoms with Gasteiger partial charge in [-0.15, -0.1) is 0 Å². The monoisotopic (exact) mass is 579 g/mol. The number of nitro groups is 1. The van der Waals surface area contributed by atoms with Crippen molar-refractivity contribution in [3.8, 4) is 0 Å². The van der Waals surface area contributed by atoms with E-state index in [0.717, 1.165) is 12.1 Å². The Bertz CT molecular complexity index is 1400. The van der Waals surface area contributed by atoms with E-state index in [1.54, 1.807) is 6.92 Å². The zero-order chi connectivity index (χ0) is 28.8. The lowest BCUT2D eigenvalue weighted by atomic mass is 10.1. The predicted molar refractivity (Wildman–Crippen MR) is 129 cm³/mol. The number of nitro benzene ring substituents is 1. The molecule has 0 aliphatic carbocycles. The quantitative estimate of drug-likeness (QED) is 0.0558. The fourth-order valence-corrected chi connectivity index (χ4v) is 5.46. The molecular formula is C17H23N7O12P2. The average Bonchev–Trinajstić information content (AvgIpc) is 3.22. The van der Waals surface area contributed by atoms with Gasteiger partial charge >= 0.3 is 20.9 Å². The number of aliphatic hydroxyl groups excluding tert-OH is 1. The minimum absolute atomic E-state index is 0.189. The van der Waals surface area contributed by atoms with Gasteiger partial charge in [0.2, 0.25) is 5.52 Å². The number of ether oxygens (including phenoxy) is 1. The summed E-state index contributed by atoms with van der Waals surface area (Å²) >= 11 is 0. The summed E-state index contributed by atoms with van der Waals surface area (Å²) in [7, 11) is -10.3. The largest absolute Gasteiger partial charge is 0.394 e. The van der Waals surface area contributed by atoms with Gasteiger partial charge in [-0.2, -0.15) is 0 Å². The molecule has 208 valence electrons. The van der Waals surface area contributed by atoms with E-state index < -0.39 is 55.3 Å². The number of H-pyrrole nitrogens is 1. The molecule has 3 rings (SSSR count). The Labute approximate surface area is 211 Å². The minimum atomic E-state index is -5.15. The molecule has 1 aromatic carbocycles. The van der Waals surface area contributed by atoms with E-state index in [4.69, 9.17) is 34.9 Å². The number of nitrogens with one attached hydrogen (secondary N) is 2. The van der Waals surface area contributed by atoms with Gasteiger partial charge in [0, 0.05) is 40.9 Å². The number of aromatic amines is 1. The molecule has 21 heteroatoms. The number of azide groups is 1. The first-order valence-electron chi connectivity index (χ1n) is 10.3. The summed E-state index contributed by atoms with van der Waals surface area (Å²) in [5.41, 5.74) is 4.72. The maximum Gasteiger partial charge on any atom is 0.360 e. The highest BCUT2D eigenvalue weighted by Gasteiger charge is 2.43. The number of nitrogens with zero attached hydrogens (tertiary/aromatic N) is 5. The highest BCUT2D eigenvalue weighted by molar-refractivity contribution is 7.71. The van der Waals surface area contributed by atoms with Crippen molar-refractivity contribution >= 4 is 26.6 Å². The number of benzene rings is 1. The Balaban J connectivity index is 0.000000267. The van der Waals surface area contributed by atoms with E-state index in [2.05, 4.69) is 15.0 Å². The molecule has 19 nitrogen and oxygen atoms in total. The van der Waals surface area contributed by atoms with E-state index >= 15 is 0 Å². The van der Waals surface area contributed by atoms with Gasteiger partial charge < -0.3 is 34.7 Å². The highest BCUT2D eigenvalue weighted by atomic mass is 31.2. The average molecular weight is 579 g/mol. The van der Waals surface area contributed by atoms with Gasteiger partial charge in [0.1, 0.15) is 6.23 Å². The van der Waals surface area contributed by atoms with Crippen LogP contribution in [-0.4, -0.2) is 63.4 Å². The lowest BCUT2D eigenvalue weighted by Crippen LogP contribution is -2.33. The number of rotatable bonds is 8. The van der Waals surface area contributed by atoms with Gasteiger partial charge in [-0.1, -0.05) is 11.2 Å². The molecule has 2 aromatic rings. The van der Waals surface area contributed by atoms with Crippen LogP contribution in [0.15, 0.2) is 45.2 Å². The van der Waals surface area contributed by atoms with Crippen LogP contribution in [0.1, 0.15) is 18.2 Å². The number of hydrogen-bond donors (Lipinski definition) is 7. The molecule has 1 aliphatic heterocycles. The van der Waals surface area contributed by atoms with Crippen LogP contribution in [-0.2, 0) is 13.9 Å². The van der Waals surface area contributed by atoms with Gasteiger partial charge in [0.15, 0.2) is 0 Å². The second-order valence-electron chi connectivity index (χ2n) is 7.80. The van der Waals surface area contributed by atoms with Crippen molar-refractivity contribution < 1.29 is 43.5 Å². The Morgan fingerprint density at radius 1 is 1.32 bits per heavy atom. The maximum atomic E-state index is 11.7. The molecule has 1 aromatic heterocycles. The second kappa shape index (κ2) is 12.4. The van der Waals surface area contributed by atoms with E-state index in [1.807, 2.05) is 5.32 Å². The van der Waals surface area contributed by atoms with Crippen LogP contribution in [0.3, 0.4) is 0 Å². The summed E-state index contributed by atoms with van der Waals surface area (Å²) in [5.74, 6) is 0. The molecule has 1 fully saturated rings. The minimum Gasteiger partial charge on any atom is -0.394 e. The van der Waals surface area contributed by atoms with Gasteiger partial charge in [0.25, 0.3) is 11.2 Å². The highest BCUT2D eigenvalue weighted by Crippen LogP contribution is 2.59. The van der Waals surface area contributed by atoms with Crippen LogP contribution < -0.4 is 16.6 Å². The van der Waals surface area contributed by atoms with Crippen molar-refractivity contribution in [1.82, 2.24) is 9.55 Å². The summed E-state index contributed by atoms with van der Waals surface area (Å²) in [5, 5.41) is 25.1. The molecule has 0 bridgehead atoms. The molecule has 3 atom stereocenters. The number of non-ortho nitro benzene ring substituents is 1. The molecule has 7 N–H and O–H groups in total. The Hall–Kier alpha value is -3.37. The molecule has 1 saturated heterocycles. The fourth-order valence-electron chi connectivity index (χ4n) is 3.26. The van der Waals surface area contributed by atoms with Gasteiger partial charge in [-0.3, -0.25) is 33.6 Å². The van der Waals surface area contributed by atoms with Crippen molar-refractivity contribution in [2.24, 2.45) is 5.11 Å². The Morgan fingerprint density at radius 3 is 2.47 bits per heavy atom. The second-order valence-corrected chi connectivity index (χ2v) is 11.6. The van der Waals surface area contributed by atoms with E-state index in [1.165, 1.54) is 22.9 Å². The van der Waals surface area contributed by atoms with E-state index in [0.29, 0.717) is 5.56 Å². The molecule has 0 amide bonds. The van der Waals surface area contributed by atoms with Gasteiger partial charge in [-0.25, -0.2) is 4.79 Å². The number of hydrogen-bond acceptors (Lipinski definition) is 10. The summed E-state index contributed by atoms with van der Waals surface area (Å²) in [6.45, 7) is 1.26. The molecule has 0 spiro atoms. The predicted octanol–water partition coefficient (Wildman–Crippen LogP) is 0.449. The van der Waals surface area contributed by atoms with Crippen LogP contribution in [0, 0.1) is 17.0 Å². The third kappa shape index (κ3) is 8.06. The summed E-state index contributed by atoms with van der Waals surface area (Å²) in [4.78, 5) is 73.1. The number of aromatic nitrogens is 2. The number of aliphatic hydroxyl groups is 1. The first kappa shape index (κ1) is 30.9. The van der Waals surface area contributed by atoms with Crippen molar-refractivity contribution in [3.05, 3.63) is 77.4 Å². The molecular weight excluding hydrogens is 556 g/mol. The lowest BCUT2D eigenvalue weighted by Gasteiger charge is -2.21. The number of aryl methyl sites for hydroxylation is 1. The zero-order valence-electron chi connectivity index (χ0n) is 19.3. The SMILES string of the molecule is Cc1cn([C@H]2C[C@H](N=[N+]=[N-])[C@@H](CO)O2)c(=O)[nH]c1=O.O=[N+]([O-])c1cccc(NC(P(=O)(O)O)P(=O)(O)O)c1. The lowest BCUT2D eigenvalue weighted by molar-refractivity contribution is -0.384. The molecule has 2 heterocycles. The van der Waals surface area contributed by atoms with Gasteiger partial charge in [-0.05, 0) is 18.5 Å². The van der Waals surface area contributed by atoms with Crippen molar-refractivity contribution in [2.45, 2.75) is 37.2 Å². The van der Waals surface area contributed by atoms with Crippen molar-refractivity contribution in [2.75, 3.05) is 11.9 Å². The van der Waals surface area contributed by atoms with E-state index in [9.17, 15) is 28.8 Å². The molecule has 0 unspecified atom stereocenters. The smallest absolute Gasteiger partial charge is 0.360 e. The molecule has 1 aliphatic rings. The molecule has 0 radical (unpaired) electrons. The first-order valence-corrected chi connectivity index (χ1v) is 13.7. The summed E-state index contributed by atoms with van der Waals surface area (Å²) < 4.78 is 28.7. The first-order chi connectivity index (χ1) is 17.6. The van der Waals surface area contributed by atoms with Gasteiger partial charge in [0.05, 0.1) is 23.7 Å². The summed E-state index contributed by atoms with van der Waals surface area (Å²) in [6.07, 6.45) is 0.329. The standard InChI is InChI=1S/C10H13N5O4.C7H10N2O8P2/c1-5-3-15(10(18)12-9(5)17)8-2-6(13-14-11)7(4-16)19-8;10-9(11)6-3-1-2-5(4-6)8-7(18(12,13)14)19(15,16)17/h3,6-8,16H,2,4H2,1H3,(H,12,17,18);1-4,7-8H,(H2,12,13,14)(H2,15,16,17)/t6-,7+,8+;/m0./s1. The molecule has 38 heavy (non-hydrogen) atoms. The van der Waals surface area contributed by atoms with Crippen molar-refractivity contribution in [1.29, 1.82) is 0 Å². The van der Waals surface area contributed by atoms with E-state index in [-0.39, 0.29) is 24.4 Å². The topological polar surface area (TPSA) is 303 Å². The van der Waals surface area contributed by atoms with Crippen LogP contribution in [0.2, 0.25) is 0 Å². The number of anilines is 1. The Morgan fingerprint density at radius 2 is 1.95 bits per heavy atom. The zero-order valence-corrected chi connectivity index (χ0v) is 21.1. The Kier molecular flexibility index (Phi) is 10.1. The summed E-state index contributed by atoms with van der Waals surface area (Å²) in [6, 6.07) is 3.87. The van der Waals surface area contributed by atoms with Crippen molar-refractivity contribution in [3.63, 3.8) is 0 Å². The molecule has 0 saturated carbocycles. The maximum absolute atomic E-state index is 11.7. The fraction of sp³-hybridized carbons (Fsp3) is 0.412. The normalized spacial score (nSPS) is 19.3. The van der Waals surface area contributed by atoms with Crippen LogP contribution in [0.5, 0.6) is 0 Å². The van der Waals surface area contributed by atoms with Crippen LogP contribution in [0.25, 0.3) is 10.4 Å².